The highest BCUT2D eigenvalue weighted by Crippen LogP contribution is 2.00. The van der Waals surface area contributed by atoms with E-state index in [1.165, 1.54) is 6.07 Å². The summed E-state index contributed by atoms with van der Waals surface area (Å²) in [7, 11) is 2.14. The molecule has 0 aliphatic heterocycles. The predicted octanol–water partition coefficient (Wildman–Crippen LogP) is 1.99. The minimum atomic E-state index is -0.983. The maximum absolute atomic E-state index is 10.8. The monoisotopic (exact) mass is 279 g/mol. The van der Waals surface area contributed by atoms with Crippen LogP contribution in [-0.2, 0) is 6.54 Å². The average molecular weight is 279 g/mol. The van der Waals surface area contributed by atoms with Gasteiger partial charge in [-0.2, -0.15) is 0 Å². The first-order chi connectivity index (χ1) is 9.50. The second-order valence-electron chi connectivity index (χ2n) is 5.28. The van der Waals surface area contributed by atoms with E-state index in [0.29, 0.717) is 12.6 Å². The molecule has 0 aliphatic carbocycles. The molecular weight excluding hydrogens is 254 g/mol. The van der Waals surface area contributed by atoms with E-state index in [-0.39, 0.29) is 5.69 Å². The zero-order valence-electron chi connectivity index (χ0n) is 12.6. The van der Waals surface area contributed by atoms with Crippen molar-refractivity contribution in [3.8, 4) is 0 Å². The molecule has 0 atom stereocenters. The number of nitrogens with one attached hydrogen (secondary N) is 1. The Balaban J connectivity index is 2.18. The molecule has 0 aliphatic rings. The third kappa shape index (κ3) is 6.12. The van der Waals surface area contributed by atoms with Gasteiger partial charge in [0.05, 0.1) is 5.69 Å². The van der Waals surface area contributed by atoms with E-state index in [1.807, 2.05) is 6.07 Å². The molecule has 112 valence electrons. The third-order valence-electron chi connectivity index (χ3n) is 3.33. The Bertz CT molecular complexity index is 421. The number of pyridine rings is 1. The molecule has 2 N–H and O–H groups in total. The summed E-state index contributed by atoms with van der Waals surface area (Å²) < 4.78 is 0. The van der Waals surface area contributed by atoms with Gasteiger partial charge in [-0.15, -0.1) is 0 Å². The highest BCUT2D eigenvalue weighted by atomic mass is 16.4. The first-order valence-electron chi connectivity index (χ1n) is 7.11. The molecule has 0 radical (unpaired) electrons. The second-order valence-corrected chi connectivity index (χ2v) is 5.28. The molecule has 1 heterocycles. The van der Waals surface area contributed by atoms with E-state index in [9.17, 15) is 4.79 Å². The normalized spacial score (nSPS) is 11.2. The number of unbranched alkanes of at least 4 members (excludes halogenated alkanes) is 1. The quantitative estimate of drug-likeness (QED) is 0.677. The van der Waals surface area contributed by atoms with Gasteiger partial charge < -0.3 is 15.3 Å². The Morgan fingerprint density at radius 3 is 2.80 bits per heavy atom. The van der Waals surface area contributed by atoms with Gasteiger partial charge in [0.25, 0.3) is 0 Å². The van der Waals surface area contributed by atoms with Crippen molar-refractivity contribution < 1.29 is 9.90 Å². The van der Waals surface area contributed by atoms with E-state index in [1.54, 1.807) is 6.07 Å². The Kier molecular flexibility index (Phi) is 7.18. The number of carboxylic acid groups (broad SMARTS) is 1. The largest absolute Gasteiger partial charge is 0.477 e. The Labute approximate surface area is 121 Å². The number of hydrogen-bond donors (Lipinski definition) is 2. The first-order valence-corrected chi connectivity index (χ1v) is 7.11. The second kappa shape index (κ2) is 8.66. The zero-order chi connectivity index (χ0) is 15.0. The van der Waals surface area contributed by atoms with Crippen molar-refractivity contribution >= 4 is 5.97 Å². The van der Waals surface area contributed by atoms with Gasteiger partial charge in [0.2, 0.25) is 0 Å². The maximum atomic E-state index is 10.8. The summed E-state index contributed by atoms with van der Waals surface area (Å²) in [6.07, 6.45) is 2.26. The molecule has 0 amide bonds. The fourth-order valence-electron chi connectivity index (χ4n) is 1.78. The van der Waals surface area contributed by atoms with Crippen LogP contribution < -0.4 is 5.32 Å². The van der Waals surface area contributed by atoms with E-state index in [4.69, 9.17) is 5.11 Å². The minimum absolute atomic E-state index is 0.0999. The van der Waals surface area contributed by atoms with Gasteiger partial charge in [0.1, 0.15) is 5.69 Å². The van der Waals surface area contributed by atoms with Crippen molar-refractivity contribution in [3.63, 3.8) is 0 Å². The molecule has 1 rings (SSSR count). The van der Waals surface area contributed by atoms with E-state index in [0.717, 1.165) is 31.6 Å². The van der Waals surface area contributed by atoms with Gasteiger partial charge in [-0.25, -0.2) is 9.78 Å². The lowest BCUT2D eigenvalue weighted by Crippen LogP contribution is -2.27. The number of aromatic carboxylic acids is 1. The fraction of sp³-hybridized carbons (Fsp3) is 0.600. The summed E-state index contributed by atoms with van der Waals surface area (Å²) >= 11 is 0. The summed E-state index contributed by atoms with van der Waals surface area (Å²) in [6.45, 7) is 7.02. The van der Waals surface area contributed by atoms with Gasteiger partial charge in [0.15, 0.2) is 0 Å². The molecule has 1 aromatic heterocycles. The van der Waals surface area contributed by atoms with Crippen molar-refractivity contribution in [2.75, 3.05) is 20.1 Å². The minimum Gasteiger partial charge on any atom is -0.477 e. The number of aromatic nitrogens is 1. The maximum Gasteiger partial charge on any atom is 0.354 e. The lowest BCUT2D eigenvalue weighted by Gasteiger charge is -2.20. The summed E-state index contributed by atoms with van der Waals surface area (Å²) in [4.78, 5) is 17.2. The van der Waals surface area contributed by atoms with Crippen molar-refractivity contribution in [2.24, 2.45) is 0 Å². The molecule has 5 nitrogen and oxygen atoms in total. The first kappa shape index (κ1) is 16.6. The van der Waals surface area contributed by atoms with Crippen LogP contribution in [0.1, 0.15) is 42.9 Å². The molecular formula is C15H25N3O2. The van der Waals surface area contributed by atoms with Crippen LogP contribution in [-0.4, -0.2) is 47.1 Å². The summed E-state index contributed by atoms with van der Waals surface area (Å²) in [5.74, 6) is -0.983. The van der Waals surface area contributed by atoms with Crippen LogP contribution in [0.3, 0.4) is 0 Å². The molecule has 0 saturated carbocycles. The number of carboxylic acids is 1. The van der Waals surface area contributed by atoms with Crippen LogP contribution in [0.4, 0.5) is 0 Å². The average Bonchev–Trinajstić information content (AvgIpc) is 2.42. The van der Waals surface area contributed by atoms with Crippen LogP contribution in [0.25, 0.3) is 0 Å². The van der Waals surface area contributed by atoms with Gasteiger partial charge in [-0.1, -0.05) is 6.07 Å². The number of hydrogen-bond acceptors (Lipinski definition) is 4. The van der Waals surface area contributed by atoms with Crippen LogP contribution >= 0.6 is 0 Å². The Morgan fingerprint density at radius 2 is 2.15 bits per heavy atom. The van der Waals surface area contributed by atoms with Gasteiger partial charge >= 0.3 is 5.97 Å². The highest BCUT2D eigenvalue weighted by molar-refractivity contribution is 5.85. The van der Waals surface area contributed by atoms with Gasteiger partial charge in [-0.3, -0.25) is 0 Å². The smallest absolute Gasteiger partial charge is 0.354 e. The molecule has 0 aromatic carbocycles. The standard InChI is InChI=1S/C15H25N3O2/c1-12(2)18(3)10-5-4-9-16-11-13-7-6-8-14(17-13)15(19)20/h6-8,12,16H,4-5,9-11H2,1-3H3,(H,19,20). The summed E-state index contributed by atoms with van der Waals surface area (Å²) in [5.41, 5.74) is 0.868. The molecule has 0 fully saturated rings. The summed E-state index contributed by atoms with van der Waals surface area (Å²) in [5, 5.41) is 12.2. The van der Waals surface area contributed by atoms with Gasteiger partial charge in [0, 0.05) is 12.6 Å². The van der Waals surface area contributed by atoms with E-state index >= 15 is 0 Å². The van der Waals surface area contributed by atoms with Crippen molar-refractivity contribution in [3.05, 3.63) is 29.6 Å². The van der Waals surface area contributed by atoms with Crippen molar-refractivity contribution in [1.29, 1.82) is 0 Å². The third-order valence-corrected chi connectivity index (χ3v) is 3.33. The Morgan fingerprint density at radius 1 is 1.40 bits per heavy atom. The number of rotatable bonds is 9. The topological polar surface area (TPSA) is 65.5 Å². The van der Waals surface area contributed by atoms with Crippen LogP contribution in [0, 0.1) is 0 Å². The summed E-state index contributed by atoms with van der Waals surface area (Å²) in [6, 6.07) is 5.66. The van der Waals surface area contributed by atoms with Gasteiger partial charge in [-0.05, 0) is 59.0 Å². The molecule has 0 bridgehead atoms. The molecule has 1 aromatic rings. The molecule has 5 heteroatoms. The van der Waals surface area contributed by atoms with Crippen LogP contribution in [0.2, 0.25) is 0 Å². The zero-order valence-corrected chi connectivity index (χ0v) is 12.6. The van der Waals surface area contributed by atoms with Crippen LogP contribution in [0.15, 0.2) is 18.2 Å². The van der Waals surface area contributed by atoms with Crippen molar-refractivity contribution in [2.45, 2.75) is 39.3 Å². The van der Waals surface area contributed by atoms with Crippen LogP contribution in [0.5, 0.6) is 0 Å². The molecule has 0 saturated heterocycles. The lowest BCUT2D eigenvalue weighted by atomic mass is 10.2. The van der Waals surface area contributed by atoms with E-state index < -0.39 is 5.97 Å². The highest BCUT2D eigenvalue weighted by Gasteiger charge is 2.05. The predicted molar refractivity (Wildman–Crippen MR) is 79.9 cm³/mol. The Hall–Kier alpha value is -1.46. The number of nitrogens with zero attached hydrogens (tertiary/aromatic N) is 2. The molecule has 20 heavy (non-hydrogen) atoms. The number of carbonyl (C=O) groups is 1. The lowest BCUT2D eigenvalue weighted by molar-refractivity contribution is 0.0690. The molecule has 0 spiro atoms. The molecule has 0 unspecified atom stereocenters. The van der Waals surface area contributed by atoms with Crippen molar-refractivity contribution in [1.82, 2.24) is 15.2 Å². The van der Waals surface area contributed by atoms with E-state index in [2.05, 4.69) is 36.1 Å². The SMILES string of the molecule is CC(C)N(C)CCCCNCc1cccc(C(=O)O)n1. The fourth-order valence-corrected chi connectivity index (χ4v) is 1.78.